The van der Waals surface area contributed by atoms with Gasteiger partial charge in [0.1, 0.15) is 10.4 Å². The molecule has 0 spiro atoms. The highest BCUT2D eigenvalue weighted by Crippen LogP contribution is 2.27. The fourth-order valence-corrected chi connectivity index (χ4v) is 1.67. The number of aromatic nitrogens is 2. The molecule has 0 amide bonds. The summed E-state index contributed by atoms with van der Waals surface area (Å²) >= 11 is 3.41. The van der Waals surface area contributed by atoms with Crippen LogP contribution in [-0.2, 0) is 7.05 Å². The second-order valence-electron chi connectivity index (χ2n) is 2.98. The molecule has 0 aliphatic heterocycles. The lowest BCUT2D eigenvalue weighted by molar-refractivity contribution is 0.628. The van der Waals surface area contributed by atoms with Gasteiger partial charge in [0.15, 0.2) is 0 Å². The Morgan fingerprint density at radius 1 is 1.29 bits per heavy atom. The van der Waals surface area contributed by atoms with E-state index in [0.29, 0.717) is 0 Å². The lowest BCUT2D eigenvalue weighted by atomic mass is 10.1. The van der Waals surface area contributed by atoms with Crippen LogP contribution < -0.4 is 0 Å². The summed E-state index contributed by atoms with van der Waals surface area (Å²) in [7, 11) is 1.84. The second kappa shape index (κ2) is 3.53. The van der Waals surface area contributed by atoms with Gasteiger partial charge in [0.2, 0.25) is 0 Å². The summed E-state index contributed by atoms with van der Waals surface area (Å²) in [5.74, 6) is -0.228. The largest absolute Gasteiger partial charge is 0.261 e. The van der Waals surface area contributed by atoms with Crippen LogP contribution in [0.25, 0.3) is 11.1 Å². The first-order valence-corrected chi connectivity index (χ1v) is 4.91. The molecule has 2 rings (SSSR count). The van der Waals surface area contributed by atoms with Crippen molar-refractivity contribution in [3.8, 4) is 11.1 Å². The number of halogens is 2. The lowest BCUT2D eigenvalue weighted by Crippen LogP contribution is -1.88. The van der Waals surface area contributed by atoms with Crippen molar-refractivity contribution in [3.63, 3.8) is 0 Å². The van der Waals surface area contributed by atoms with Crippen LogP contribution in [-0.4, -0.2) is 9.78 Å². The number of hydrogen-bond acceptors (Lipinski definition) is 1. The molecule has 0 fully saturated rings. The first-order valence-electron chi connectivity index (χ1n) is 4.12. The van der Waals surface area contributed by atoms with Crippen LogP contribution in [0.4, 0.5) is 4.39 Å². The average molecular weight is 255 g/mol. The van der Waals surface area contributed by atoms with Crippen molar-refractivity contribution in [1.29, 1.82) is 0 Å². The molecule has 0 bridgehead atoms. The van der Waals surface area contributed by atoms with Gasteiger partial charge in [-0.3, -0.25) is 4.68 Å². The van der Waals surface area contributed by atoms with Gasteiger partial charge in [-0.1, -0.05) is 12.1 Å². The van der Waals surface area contributed by atoms with Gasteiger partial charge < -0.3 is 0 Å². The molecule has 0 radical (unpaired) electrons. The number of benzene rings is 1. The molecule has 0 saturated carbocycles. The van der Waals surface area contributed by atoms with Gasteiger partial charge >= 0.3 is 0 Å². The summed E-state index contributed by atoms with van der Waals surface area (Å²) in [5, 5.41) is 4.09. The highest BCUT2D eigenvalue weighted by Gasteiger charge is 2.07. The third-order valence-electron chi connectivity index (χ3n) is 2.02. The minimum absolute atomic E-state index is 0.228. The Labute approximate surface area is 89.5 Å². The van der Waals surface area contributed by atoms with Gasteiger partial charge in [-0.15, -0.1) is 0 Å². The standard InChI is InChI=1S/C10H8BrFN2/c1-14-10(11)9(6-13-14)7-2-4-8(12)5-3-7/h2-6H,1H3. The quantitative estimate of drug-likeness (QED) is 0.765. The summed E-state index contributed by atoms with van der Waals surface area (Å²) in [6, 6.07) is 6.34. The third-order valence-corrected chi connectivity index (χ3v) is 2.96. The Balaban J connectivity index is 2.49. The number of rotatable bonds is 1. The van der Waals surface area contributed by atoms with E-state index < -0.39 is 0 Å². The molecular formula is C10H8BrFN2. The van der Waals surface area contributed by atoms with Crippen LogP contribution in [0, 0.1) is 5.82 Å². The second-order valence-corrected chi connectivity index (χ2v) is 3.73. The molecule has 0 atom stereocenters. The van der Waals surface area contributed by atoms with E-state index in [4.69, 9.17) is 0 Å². The van der Waals surface area contributed by atoms with Crippen molar-refractivity contribution in [2.45, 2.75) is 0 Å². The van der Waals surface area contributed by atoms with Crippen molar-refractivity contribution in [2.24, 2.45) is 7.05 Å². The summed E-state index contributed by atoms with van der Waals surface area (Å²) < 4.78 is 15.3. The molecule has 14 heavy (non-hydrogen) atoms. The highest BCUT2D eigenvalue weighted by molar-refractivity contribution is 9.10. The Hall–Kier alpha value is -1.16. The normalized spacial score (nSPS) is 10.5. The lowest BCUT2D eigenvalue weighted by Gasteiger charge is -1.98. The van der Waals surface area contributed by atoms with Crippen LogP contribution in [0.2, 0.25) is 0 Å². The zero-order valence-electron chi connectivity index (χ0n) is 7.54. The molecule has 1 heterocycles. The minimum atomic E-state index is -0.228. The summed E-state index contributed by atoms with van der Waals surface area (Å²) in [5.41, 5.74) is 1.92. The predicted octanol–water partition coefficient (Wildman–Crippen LogP) is 2.99. The van der Waals surface area contributed by atoms with Crippen molar-refractivity contribution in [3.05, 3.63) is 40.9 Å². The maximum Gasteiger partial charge on any atom is 0.123 e. The van der Waals surface area contributed by atoms with Gasteiger partial charge in [-0.25, -0.2) is 4.39 Å². The molecule has 72 valence electrons. The smallest absolute Gasteiger partial charge is 0.123 e. The van der Waals surface area contributed by atoms with Crippen LogP contribution in [0.15, 0.2) is 35.1 Å². The Morgan fingerprint density at radius 3 is 2.43 bits per heavy atom. The molecule has 0 N–H and O–H groups in total. The zero-order valence-corrected chi connectivity index (χ0v) is 9.12. The Bertz CT molecular complexity index is 448. The van der Waals surface area contributed by atoms with E-state index >= 15 is 0 Å². The van der Waals surface area contributed by atoms with E-state index in [9.17, 15) is 4.39 Å². The number of aryl methyl sites for hydroxylation is 1. The Morgan fingerprint density at radius 2 is 1.93 bits per heavy atom. The molecule has 0 saturated heterocycles. The van der Waals surface area contributed by atoms with Crippen molar-refractivity contribution in [2.75, 3.05) is 0 Å². The maximum atomic E-state index is 12.7. The van der Waals surface area contributed by atoms with Crippen molar-refractivity contribution >= 4 is 15.9 Å². The van der Waals surface area contributed by atoms with Gasteiger partial charge in [-0.2, -0.15) is 5.10 Å². The van der Waals surface area contributed by atoms with Gasteiger partial charge in [0, 0.05) is 12.6 Å². The Kier molecular flexibility index (Phi) is 2.37. The molecule has 0 aliphatic carbocycles. The van der Waals surface area contributed by atoms with Crippen molar-refractivity contribution in [1.82, 2.24) is 9.78 Å². The molecular weight excluding hydrogens is 247 g/mol. The topological polar surface area (TPSA) is 17.8 Å². The van der Waals surface area contributed by atoms with Gasteiger partial charge in [-0.05, 0) is 33.6 Å². The summed E-state index contributed by atoms with van der Waals surface area (Å²) in [4.78, 5) is 0. The summed E-state index contributed by atoms with van der Waals surface area (Å²) in [6.07, 6.45) is 1.75. The van der Waals surface area contributed by atoms with Gasteiger partial charge in [0.25, 0.3) is 0 Å². The minimum Gasteiger partial charge on any atom is -0.261 e. The monoisotopic (exact) mass is 254 g/mol. The van der Waals surface area contributed by atoms with Crippen LogP contribution >= 0.6 is 15.9 Å². The molecule has 0 aliphatic rings. The van der Waals surface area contributed by atoms with Crippen LogP contribution in [0.1, 0.15) is 0 Å². The zero-order chi connectivity index (χ0) is 10.1. The fraction of sp³-hybridized carbons (Fsp3) is 0.100. The third kappa shape index (κ3) is 1.57. The molecule has 1 aromatic heterocycles. The number of nitrogens with zero attached hydrogens (tertiary/aromatic N) is 2. The summed E-state index contributed by atoms with van der Waals surface area (Å²) in [6.45, 7) is 0. The van der Waals surface area contributed by atoms with E-state index in [1.165, 1.54) is 12.1 Å². The predicted molar refractivity (Wildman–Crippen MR) is 56.3 cm³/mol. The molecule has 2 nitrogen and oxygen atoms in total. The first-order chi connectivity index (χ1) is 6.68. The fourth-order valence-electron chi connectivity index (χ4n) is 1.25. The van der Waals surface area contributed by atoms with Crippen molar-refractivity contribution < 1.29 is 4.39 Å². The van der Waals surface area contributed by atoms with E-state index in [1.54, 1.807) is 23.0 Å². The van der Waals surface area contributed by atoms with Crippen LogP contribution in [0.5, 0.6) is 0 Å². The maximum absolute atomic E-state index is 12.7. The molecule has 2 aromatic rings. The molecule has 0 unspecified atom stereocenters. The van der Waals surface area contributed by atoms with E-state index in [0.717, 1.165) is 15.7 Å². The number of hydrogen-bond donors (Lipinski definition) is 0. The SMILES string of the molecule is Cn1ncc(-c2ccc(F)cc2)c1Br. The van der Waals surface area contributed by atoms with E-state index in [-0.39, 0.29) is 5.82 Å². The van der Waals surface area contributed by atoms with E-state index in [2.05, 4.69) is 21.0 Å². The van der Waals surface area contributed by atoms with E-state index in [1.807, 2.05) is 7.05 Å². The van der Waals surface area contributed by atoms with Gasteiger partial charge in [0.05, 0.1) is 6.20 Å². The molecule has 4 heteroatoms. The average Bonchev–Trinajstić information content (AvgIpc) is 2.50. The molecule has 1 aromatic carbocycles. The highest BCUT2D eigenvalue weighted by atomic mass is 79.9. The first kappa shape index (κ1) is 9.40. The van der Waals surface area contributed by atoms with Crippen LogP contribution in [0.3, 0.4) is 0 Å².